The number of para-hydroxylation sites is 2. The highest BCUT2D eigenvalue weighted by Gasteiger charge is 2.26. The molecule has 0 fully saturated rings. The Hall–Kier alpha value is -2.24. The molecule has 2 aromatic rings. The highest BCUT2D eigenvalue weighted by atomic mass is 16.5. The first kappa shape index (κ1) is 12.8. The maximum Gasteiger partial charge on any atom is 0.224 e. The molecule has 1 aliphatic rings. The van der Waals surface area contributed by atoms with Crippen LogP contribution in [0.15, 0.2) is 24.3 Å². The molecule has 2 N–H and O–H groups in total. The number of ether oxygens (including phenoxy) is 1. The lowest BCUT2D eigenvalue weighted by Gasteiger charge is -2.26. The Morgan fingerprint density at radius 3 is 3.00 bits per heavy atom. The summed E-state index contributed by atoms with van der Waals surface area (Å²) in [7, 11) is 0. The van der Waals surface area contributed by atoms with E-state index in [-0.39, 0.29) is 6.10 Å². The minimum atomic E-state index is -0.121. The zero-order valence-electron chi connectivity index (χ0n) is 11.8. The fraction of sp³-hybridized carbons (Fsp3) is 0.429. The minimum Gasteiger partial charge on any atom is -0.478 e. The van der Waals surface area contributed by atoms with E-state index in [1.807, 2.05) is 31.2 Å². The third-order valence-electron chi connectivity index (χ3n) is 3.35. The predicted octanol–water partition coefficient (Wildman–Crippen LogP) is 2.28. The molecule has 1 unspecified atom stereocenters. The number of hydrogen-bond acceptors (Lipinski definition) is 5. The van der Waals surface area contributed by atoms with E-state index in [1.54, 1.807) is 0 Å². The van der Waals surface area contributed by atoms with E-state index in [0.717, 1.165) is 36.3 Å². The molecule has 6 heteroatoms. The molecule has 1 aromatic heterocycles. The monoisotopic (exact) mass is 273 g/mol. The molecule has 1 atom stereocenters. The van der Waals surface area contributed by atoms with Crippen LogP contribution in [0.25, 0.3) is 0 Å². The summed E-state index contributed by atoms with van der Waals surface area (Å²) in [6.45, 7) is 6.46. The van der Waals surface area contributed by atoms with Crippen molar-refractivity contribution in [3.63, 3.8) is 0 Å². The van der Waals surface area contributed by atoms with Crippen molar-refractivity contribution in [1.29, 1.82) is 0 Å². The van der Waals surface area contributed by atoms with Crippen molar-refractivity contribution in [3.05, 3.63) is 30.1 Å². The fourth-order valence-corrected chi connectivity index (χ4v) is 2.41. The zero-order valence-corrected chi connectivity index (χ0v) is 11.8. The molecule has 0 radical (unpaired) electrons. The van der Waals surface area contributed by atoms with Crippen LogP contribution in [-0.2, 0) is 6.54 Å². The lowest BCUT2D eigenvalue weighted by Crippen LogP contribution is -2.26. The van der Waals surface area contributed by atoms with E-state index < -0.39 is 0 Å². The highest BCUT2D eigenvalue weighted by Crippen LogP contribution is 2.33. The minimum absolute atomic E-state index is 0.121. The maximum atomic E-state index is 6.04. The van der Waals surface area contributed by atoms with Gasteiger partial charge in [-0.1, -0.05) is 12.1 Å². The van der Waals surface area contributed by atoms with Crippen LogP contribution in [-0.4, -0.2) is 27.9 Å². The number of aromatic nitrogens is 3. The third-order valence-corrected chi connectivity index (χ3v) is 3.35. The second-order valence-corrected chi connectivity index (χ2v) is 4.64. The van der Waals surface area contributed by atoms with Crippen molar-refractivity contribution in [2.24, 2.45) is 0 Å². The predicted molar refractivity (Wildman–Crippen MR) is 78.2 cm³/mol. The molecule has 0 saturated carbocycles. The van der Waals surface area contributed by atoms with Crippen LogP contribution >= 0.6 is 0 Å². The lowest BCUT2D eigenvalue weighted by atomic mass is 10.2. The number of nitrogens with zero attached hydrogens (tertiary/aromatic N) is 3. The molecule has 0 aliphatic carbocycles. The smallest absolute Gasteiger partial charge is 0.224 e. The summed E-state index contributed by atoms with van der Waals surface area (Å²) < 4.78 is 8.10. The second kappa shape index (κ2) is 5.40. The van der Waals surface area contributed by atoms with Crippen LogP contribution in [0.5, 0.6) is 5.75 Å². The summed E-state index contributed by atoms with van der Waals surface area (Å²) in [5.41, 5.74) is 1.03. The molecular weight excluding hydrogens is 254 g/mol. The summed E-state index contributed by atoms with van der Waals surface area (Å²) in [4.78, 5) is 0. The quantitative estimate of drug-likeness (QED) is 0.894. The van der Waals surface area contributed by atoms with E-state index in [2.05, 4.69) is 32.3 Å². The number of rotatable bonds is 4. The normalized spacial score (nSPS) is 17.0. The Labute approximate surface area is 118 Å². The SMILES string of the molecule is CCNc1nnc(C2CNc3ccccc3O2)n1CC. The number of hydrogen-bond donors (Lipinski definition) is 2. The summed E-state index contributed by atoms with van der Waals surface area (Å²) in [5.74, 6) is 2.51. The summed E-state index contributed by atoms with van der Waals surface area (Å²) in [6.07, 6.45) is -0.121. The van der Waals surface area contributed by atoms with Gasteiger partial charge in [0.2, 0.25) is 5.95 Å². The topological polar surface area (TPSA) is 64.0 Å². The second-order valence-electron chi connectivity index (χ2n) is 4.64. The Morgan fingerprint density at radius 2 is 2.20 bits per heavy atom. The molecule has 1 aromatic carbocycles. The van der Waals surface area contributed by atoms with Gasteiger partial charge in [-0.05, 0) is 26.0 Å². The van der Waals surface area contributed by atoms with Gasteiger partial charge in [-0.2, -0.15) is 0 Å². The van der Waals surface area contributed by atoms with Crippen molar-refractivity contribution < 1.29 is 4.74 Å². The Bertz CT molecular complexity index is 595. The van der Waals surface area contributed by atoms with Crippen molar-refractivity contribution >= 4 is 11.6 Å². The summed E-state index contributed by atoms with van der Waals surface area (Å²) in [6, 6.07) is 7.94. The van der Waals surface area contributed by atoms with E-state index >= 15 is 0 Å². The number of nitrogens with one attached hydrogen (secondary N) is 2. The highest BCUT2D eigenvalue weighted by molar-refractivity contribution is 5.57. The van der Waals surface area contributed by atoms with Crippen LogP contribution in [0, 0.1) is 0 Å². The maximum absolute atomic E-state index is 6.04. The largest absolute Gasteiger partial charge is 0.478 e. The molecule has 20 heavy (non-hydrogen) atoms. The van der Waals surface area contributed by atoms with Gasteiger partial charge in [-0.3, -0.25) is 4.57 Å². The standard InChI is InChI=1S/C14H19N5O/c1-3-15-14-18-17-13(19(14)4-2)12-9-16-10-7-5-6-8-11(10)20-12/h5-8,12,16H,3-4,9H2,1-2H3,(H,15,18). The van der Waals surface area contributed by atoms with Crippen LogP contribution in [0.2, 0.25) is 0 Å². The molecule has 3 rings (SSSR count). The molecule has 0 saturated heterocycles. The average molecular weight is 273 g/mol. The van der Waals surface area contributed by atoms with Gasteiger partial charge in [0.25, 0.3) is 0 Å². The van der Waals surface area contributed by atoms with Gasteiger partial charge in [0.05, 0.1) is 12.2 Å². The molecular formula is C14H19N5O. The van der Waals surface area contributed by atoms with E-state index in [4.69, 9.17) is 4.74 Å². The van der Waals surface area contributed by atoms with Gasteiger partial charge < -0.3 is 15.4 Å². The van der Waals surface area contributed by atoms with Crippen LogP contribution < -0.4 is 15.4 Å². The Balaban J connectivity index is 1.88. The zero-order chi connectivity index (χ0) is 13.9. The molecule has 0 amide bonds. The van der Waals surface area contributed by atoms with Gasteiger partial charge >= 0.3 is 0 Å². The van der Waals surface area contributed by atoms with E-state index in [1.165, 1.54) is 0 Å². The molecule has 6 nitrogen and oxygen atoms in total. The van der Waals surface area contributed by atoms with Crippen LogP contribution in [0.4, 0.5) is 11.6 Å². The molecule has 106 valence electrons. The van der Waals surface area contributed by atoms with Gasteiger partial charge in [-0.15, -0.1) is 10.2 Å². The first-order valence-electron chi connectivity index (χ1n) is 7.00. The molecule has 0 bridgehead atoms. The van der Waals surface area contributed by atoms with Crippen molar-refractivity contribution in [2.45, 2.75) is 26.5 Å². The first-order chi connectivity index (χ1) is 9.83. The van der Waals surface area contributed by atoms with Crippen LogP contribution in [0.1, 0.15) is 25.8 Å². The van der Waals surface area contributed by atoms with Gasteiger partial charge in [0.1, 0.15) is 5.75 Å². The Kier molecular flexibility index (Phi) is 3.45. The van der Waals surface area contributed by atoms with Gasteiger partial charge in [-0.25, -0.2) is 0 Å². The summed E-state index contributed by atoms with van der Waals surface area (Å²) in [5, 5.41) is 15.1. The third kappa shape index (κ3) is 2.17. The molecule has 1 aliphatic heterocycles. The number of anilines is 2. The average Bonchev–Trinajstić information content (AvgIpc) is 2.90. The molecule has 2 heterocycles. The van der Waals surface area contributed by atoms with Crippen molar-refractivity contribution in [3.8, 4) is 5.75 Å². The van der Waals surface area contributed by atoms with Crippen molar-refractivity contribution in [1.82, 2.24) is 14.8 Å². The number of fused-ring (bicyclic) bond motifs is 1. The summed E-state index contributed by atoms with van der Waals surface area (Å²) >= 11 is 0. The molecule has 0 spiro atoms. The van der Waals surface area contributed by atoms with E-state index in [0.29, 0.717) is 6.54 Å². The van der Waals surface area contributed by atoms with Crippen LogP contribution in [0.3, 0.4) is 0 Å². The van der Waals surface area contributed by atoms with Crippen molar-refractivity contribution in [2.75, 3.05) is 23.7 Å². The van der Waals surface area contributed by atoms with Gasteiger partial charge in [0, 0.05) is 13.1 Å². The first-order valence-corrected chi connectivity index (χ1v) is 7.00. The number of benzene rings is 1. The van der Waals surface area contributed by atoms with Gasteiger partial charge in [0.15, 0.2) is 11.9 Å². The van der Waals surface area contributed by atoms with E-state index in [9.17, 15) is 0 Å². The fourth-order valence-electron chi connectivity index (χ4n) is 2.41. The lowest BCUT2D eigenvalue weighted by molar-refractivity contribution is 0.195. The Morgan fingerprint density at radius 1 is 1.35 bits per heavy atom.